The second kappa shape index (κ2) is 19.7. The van der Waals surface area contributed by atoms with Crippen LogP contribution in [0.2, 0.25) is 10.0 Å². The summed E-state index contributed by atoms with van der Waals surface area (Å²) in [6.07, 6.45) is 10.2. The van der Waals surface area contributed by atoms with Crippen LogP contribution in [-0.4, -0.2) is 87.6 Å². The zero-order chi connectivity index (χ0) is 44.9. The SMILES string of the molecule is CN1CCC2(CC1)CCN(Cc1cccc(-c3cccc4c3cnn4Cc3cc(OCc4cncc(C#N)c4)c(CN[C@@H](COC(C)(C)C)C(=O)OC(C)(C)C)cc3Cl)c1Cl)CC2. The minimum Gasteiger partial charge on any atom is -0.489 e. The molecule has 11 nitrogen and oxygen atoms in total. The van der Waals surface area contributed by atoms with E-state index >= 15 is 0 Å². The molecule has 2 saturated heterocycles. The number of halogens is 2. The lowest BCUT2D eigenvalue weighted by Crippen LogP contribution is -2.45. The van der Waals surface area contributed by atoms with E-state index in [-0.39, 0.29) is 19.8 Å². The maximum absolute atomic E-state index is 13.4. The third-order valence-corrected chi connectivity index (χ3v) is 13.0. The van der Waals surface area contributed by atoms with Gasteiger partial charge in [-0.1, -0.05) is 53.5 Å². The predicted octanol–water partition coefficient (Wildman–Crippen LogP) is 9.83. The summed E-state index contributed by atoms with van der Waals surface area (Å²) >= 11 is 14.4. The Kier molecular flexibility index (Phi) is 14.5. The van der Waals surface area contributed by atoms with E-state index in [9.17, 15) is 10.1 Å². The maximum Gasteiger partial charge on any atom is 0.326 e. The lowest BCUT2D eigenvalue weighted by molar-refractivity contribution is -0.160. The van der Waals surface area contributed by atoms with Gasteiger partial charge in [0.05, 0.1) is 41.1 Å². The number of aromatic nitrogens is 3. The third-order valence-electron chi connectivity index (χ3n) is 12.2. The largest absolute Gasteiger partial charge is 0.489 e. The van der Waals surface area contributed by atoms with Crippen LogP contribution in [0.5, 0.6) is 5.75 Å². The summed E-state index contributed by atoms with van der Waals surface area (Å²) in [5.41, 5.74) is 6.14. The molecule has 2 aromatic heterocycles. The summed E-state index contributed by atoms with van der Waals surface area (Å²) in [7, 11) is 2.24. The number of benzene rings is 3. The van der Waals surface area contributed by atoms with E-state index in [1.807, 2.05) is 70.6 Å². The highest BCUT2D eigenvalue weighted by Gasteiger charge is 2.37. The fourth-order valence-corrected chi connectivity index (χ4v) is 9.06. The zero-order valence-corrected chi connectivity index (χ0v) is 39.3. The number of ether oxygens (including phenoxy) is 3. The number of nitriles is 1. The second-order valence-corrected chi connectivity index (χ2v) is 20.1. The molecule has 0 aliphatic carbocycles. The lowest BCUT2D eigenvalue weighted by Gasteiger charge is -2.46. The number of pyridine rings is 1. The lowest BCUT2D eigenvalue weighted by atomic mass is 9.71. The van der Waals surface area contributed by atoms with Gasteiger partial charge in [-0.05, 0) is 147 Å². The molecule has 63 heavy (non-hydrogen) atoms. The molecule has 0 saturated carbocycles. The van der Waals surface area contributed by atoms with Crippen molar-refractivity contribution in [3.8, 4) is 22.9 Å². The number of esters is 1. The number of likely N-dealkylation sites (tertiary alicyclic amines) is 2. The van der Waals surface area contributed by atoms with Crippen molar-refractivity contribution in [3.63, 3.8) is 0 Å². The van der Waals surface area contributed by atoms with Crippen LogP contribution in [0.15, 0.2) is 73.2 Å². The molecular weight excluding hydrogens is 834 g/mol. The summed E-state index contributed by atoms with van der Waals surface area (Å²) in [5.74, 6) is 0.136. The zero-order valence-electron chi connectivity index (χ0n) is 37.8. The molecule has 2 fully saturated rings. The van der Waals surface area contributed by atoms with Gasteiger partial charge in [0.25, 0.3) is 0 Å². The smallest absolute Gasteiger partial charge is 0.326 e. The molecule has 3 aromatic carbocycles. The van der Waals surface area contributed by atoms with Crippen molar-refractivity contribution >= 4 is 40.1 Å². The summed E-state index contributed by atoms with van der Waals surface area (Å²) in [4.78, 5) is 22.6. The Hall–Kier alpha value is -4.54. The Labute approximate surface area is 382 Å². The minimum absolute atomic E-state index is 0.105. The van der Waals surface area contributed by atoms with Crippen molar-refractivity contribution in [2.24, 2.45) is 5.41 Å². The van der Waals surface area contributed by atoms with Crippen molar-refractivity contribution < 1.29 is 19.0 Å². The van der Waals surface area contributed by atoms with Crippen molar-refractivity contribution in [2.75, 3.05) is 39.8 Å². The van der Waals surface area contributed by atoms with Gasteiger partial charge in [-0.25, -0.2) is 0 Å². The Balaban J connectivity index is 1.13. The Morgan fingerprint density at radius 2 is 1.59 bits per heavy atom. The standard InChI is InChI=1S/C50H61Cl2N7O4/c1-48(2,3)62-33-43(47(60)63-49(4,5)6)55-28-37-23-42(51)38(24-45(37)61-32-35-22-34(25-53)26-54-27-35)31-59-44-13-9-11-39(41(44)29-56-59)40-12-8-10-36(46(40)52)30-58-20-16-50(17-21-58)14-18-57(7)19-15-50/h8-13,22-24,26-27,29,43,55H,14-21,28,30-33H2,1-7H3/t43-/m0/s1. The van der Waals surface area contributed by atoms with Crippen LogP contribution in [0.3, 0.4) is 0 Å². The third kappa shape index (κ3) is 12.0. The van der Waals surface area contributed by atoms with Gasteiger partial charge in [-0.15, -0.1) is 0 Å². The number of hydrogen-bond donors (Lipinski definition) is 1. The van der Waals surface area contributed by atoms with Crippen LogP contribution in [-0.2, 0) is 40.5 Å². The van der Waals surface area contributed by atoms with E-state index in [1.54, 1.807) is 12.3 Å². The molecule has 7 rings (SSSR count). The second-order valence-electron chi connectivity index (χ2n) is 19.3. The van der Waals surface area contributed by atoms with Crippen LogP contribution in [0.1, 0.15) is 95.0 Å². The fourth-order valence-electron chi connectivity index (χ4n) is 8.52. The van der Waals surface area contributed by atoms with Gasteiger partial charge in [0.15, 0.2) is 0 Å². The van der Waals surface area contributed by atoms with Crippen LogP contribution in [0, 0.1) is 16.7 Å². The maximum atomic E-state index is 13.4. The number of nitrogens with one attached hydrogen (secondary N) is 1. The first-order valence-corrected chi connectivity index (χ1v) is 22.8. The monoisotopic (exact) mass is 893 g/mol. The summed E-state index contributed by atoms with van der Waals surface area (Å²) in [6, 6.07) is 19.5. The molecule has 1 spiro atoms. The molecule has 0 radical (unpaired) electrons. The molecule has 0 bridgehead atoms. The molecular formula is C50H61Cl2N7O4. The molecule has 1 atom stereocenters. The normalized spacial score (nSPS) is 16.6. The first-order chi connectivity index (χ1) is 30.0. The summed E-state index contributed by atoms with van der Waals surface area (Å²) in [5, 5.41) is 20.0. The van der Waals surface area contributed by atoms with Gasteiger partial charge in [0, 0.05) is 52.6 Å². The van der Waals surface area contributed by atoms with Crippen LogP contribution in [0.25, 0.3) is 22.0 Å². The van der Waals surface area contributed by atoms with Crippen molar-refractivity contribution in [1.29, 1.82) is 5.26 Å². The molecule has 4 heterocycles. The van der Waals surface area contributed by atoms with E-state index < -0.39 is 23.2 Å². The highest BCUT2D eigenvalue weighted by Crippen LogP contribution is 2.42. The highest BCUT2D eigenvalue weighted by molar-refractivity contribution is 6.34. The Morgan fingerprint density at radius 3 is 2.30 bits per heavy atom. The Bertz CT molecular complexity index is 2430. The number of nitrogens with zero attached hydrogens (tertiary/aromatic N) is 6. The van der Waals surface area contributed by atoms with E-state index in [2.05, 4.69) is 63.5 Å². The number of carbonyl (C=O) groups is 1. The first-order valence-electron chi connectivity index (χ1n) is 22.0. The molecule has 1 N–H and O–H groups in total. The topological polar surface area (TPSA) is 118 Å². The first kappa shape index (κ1) is 46.5. The van der Waals surface area contributed by atoms with Crippen LogP contribution >= 0.6 is 23.2 Å². The predicted molar refractivity (Wildman–Crippen MR) is 250 cm³/mol. The van der Waals surface area contributed by atoms with Crippen molar-refractivity contribution in [3.05, 3.63) is 111 Å². The van der Waals surface area contributed by atoms with E-state index in [4.69, 9.17) is 42.5 Å². The molecule has 0 unspecified atom stereocenters. The van der Waals surface area contributed by atoms with Crippen molar-refractivity contribution in [1.82, 2.24) is 29.9 Å². The van der Waals surface area contributed by atoms with E-state index in [1.165, 1.54) is 45.0 Å². The van der Waals surface area contributed by atoms with Crippen molar-refractivity contribution in [2.45, 2.75) is 111 Å². The summed E-state index contributed by atoms with van der Waals surface area (Å²) < 4.78 is 20.2. The average molecular weight is 895 g/mol. The minimum atomic E-state index is -0.758. The Morgan fingerprint density at radius 1 is 0.873 bits per heavy atom. The van der Waals surface area contributed by atoms with E-state index in [0.717, 1.165) is 68.9 Å². The van der Waals surface area contributed by atoms with Gasteiger partial charge >= 0.3 is 5.97 Å². The molecule has 2 aliphatic heterocycles. The van der Waals surface area contributed by atoms with Gasteiger partial charge in [-0.3, -0.25) is 24.7 Å². The van der Waals surface area contributed by atoms with Gasteiger partial charge in [0.1, 0.15) is 30.1 Å². The molecule has 5 aromatic rings. The van der Waals surface area contributed by atoms with Crippen LogP contribution in [0.4, 0.5) is 0 Å². The summed E-state index contributed by atoms with van der Waals surface area (Å²) in [6.45, 7) is 17.6. The fraction of sp³-hybridized carbons (Fsp3) is 0.480. The molecule has 2 aliphatic rings. The quantitative estimate of drug-likeness (QED) is 0.108. The number of hydrogen-bond acceptors (Lipinski definition) is 10. The van der Waals surface area contributed by atoms with Gasteiger partial charge < -0.3 is 19.1 Å². The molecule has 334 valence electrons. The average Bonchev–Trinajstić information content (AvgIpc) is 3.65. The van der Waals surface area contributed by atoms with Gasteiger partial charge in [-0.2, -0.15) is 10.4 Å². The molecule has 0 amide bonds. The number of fused-ring (bicyclic) bond motifs is 1. The number of carbonyl (C=O) groups excluding carboxylic acids is 1. The number of rotatable bonds is 14. The number of piperidine rings is 2. The van der Waals surface area contributed by atoms with Gasteiger partial charge in [0.2, 0.25) is 0 Å². The van der Waals surface area contributed by atoms with Crippen LogP contribution < -0.4 is 10.1 Å². The molecule has 13 heteroatoms. The van der Waals surface area contributed by atoms with E-state index in [0.29, 0.717) is 28.3 Å². The highest BCUT2D eigenvalue weighted by atomic mass is 35.5.